The fourth-order valence-corrected chi connectivity index (χ4v) is 10.3. The maximum Gasteiger partial charge on any atom is 0.420 e. The van der Waals surface area contributed by atoms with E-state index in [1.807, 2.05) is 18.2 Å². The molecule has 1 saturated carbocycles. The number of carbonyl (C=O) groups excluding carboxylic acids is 2. The minimum Gasteiger partial charge on any atom is -0.490 e. The first-order chi connectivity index (χ1) is 25.9. The standard InChI is InChI=1S/C41H55ClN4O7S/c1-40(2,3)53-39(48)44-54(49)23-6-4-5-9-36(51-22-19-45-17-20-50-21-18-45)33-13-10-31(33)26-46-27-41(16-7-8-29-24-32(42)12-14-34(29)41)28-52-37-15-11-30(25-35(37)46)38(47)43-54/h5,9,11-12,14-15,24-25,31,33,36H,4,6-8,10,13,16-23,26-28H2,1-3H3,(H,43,44,47,48,49)/b9-5+/t31-,33+,36-,41-,54?/m0/s1. The van der Waals surface area contributed by atoms with Gasteiger partial charge in [0.1, 0.15) is 21.3 Å². The van der Waals surface area contributed by atoms with Gasteiger partial charge >= 0.3 is 6.09 Å². The number of morpholine rings is 1. The van der Waals surface area contributed by atoms with Crippen LogP contribution in [0.5, 0.6) is 5.75 Å². The molecule has 0 radical (unpaired) electrons. The summed E-state index contributed by atoms with van der Waals surface area (Å²) in [6.07, 6.45) is 9.46. The van der Waals surface area contributed by atoms with Crippen LogP contribution in [-0.2, 0) is 36.0 Å². The molecule has 2 aromatic carbocycles. The van der Waals surface area contributed by atoms with Crippen molar-refractivity contribution in [1.82, 2.24) is 9.62 Å². The van der Waals surface area contributed by atoms with Crippen molar-refractivity contribution in [2.45, 2.75) is 82.8 Å². The Balaban J connectivity index is 1.24. The van der Waals surface area contributed by atoms with E-state index in [4.69, 9.17) is 30.5 Å². The van der Waals surface area contributed by atoms with Crippen molar-refractivity contribution >= 4 is 39.2 Å². The van der Waals surface area contributed by atoms with Gasteiger partial charge < -0.3 is 23.8 Å². The van der Waals surface area contributed by atoms with Gasteiger partial charge in [-0.1, -0.05) is 29.8 Å². The Hall–Kier alpha value is -3.16. The van der Waals surface area contributed by atoms with Crippen LogP contribution in [0.15, 0.2) is 52.9 Å². The molecule has 0 aromatic heterocycles. The van der Waals surface area contributed by atoms with Crippen LogP contribution in [-0.4, -0.2) is 97.7 Å². The van der Waals surface area contributed by atoms with Crippen LogP contribution in [0.1, 0.15) is 80.8 Å². The van der Waals surface area contributed by atoms with Gasteiger partial charge in [0, 0.05) is 48.7 Å². The third-order valence-corrected chi connectivity index (χ3v) is 13.5. The van der Waals surface area contributed by atoms with Crippen LogP contribution in [0.4, 0.5) is 10.5 Å². The number of fused-ring (bicyclic) bond motifs is 4. The molecule has 13 heteroatoms. The molecule has 7 rings (SSSR count). The van der Waals surface area contributed by atoms with E-state index in [2.05, 4.69) is 43.2 Å². The predicted octanol–water partition coefficient (Wildman–Crippen LogP) is 6.95. The minimum absolute atomic E-state index is 0.0109. The van der Waals surface area contributed by atoms with E-state index in [9.17, 15) is 13.8 Å². The molecule has 5 atom stereocenters. The van der Waals surface area contributed by atoms with Crippen LogP contribution < -0.4 is 14.4 Å². The molecule has 2 bridgehead atoms. The Kier molecular flexibility index (Phi) is 12.0. The SMILES string of the molecule is CC(C)(C)OC(=O)NS1(=O)=NC(=O)c2ccc3c(c2)N(C[C@@H]2CC[C@H]2[C@@H](OCCN2CCOCC2)/C=C/CCC1)C[C@@]1(CCCc2cc(Cl)ccc21)CO3. The molecule has 294 valence electrons. The minimum atomic E-state index is -3.52. The Labute approximate surface area is 325 Å². The molecule has 1 saturated heterocycles. The highest BCUT2D eigenvalue weighted by Gasteiger charge is 2.44. The molecule has 1 spiro atoms. The molecule has 5 aliphatic rings. The van der Waals surface area contributed by atoms with Crippen molar-refractivity contribution in [3.8, 4) is 5.75 Å². The normalized spacial score (nSPS) is 29.7. The summed E-state index contributed by atoms with van der Waals surface area (Å²) >= 11 is 6.49. The zero-order valence-electron chi connectivity index (χ0n) is 31.9. The number of rotatable bonds is 5. The Bertz CT molecular complexity index is 1850. The summed E-state index contributed by atoms with van der Waals surface area (Å²) in [6, 6.07) is 11.6. The fourth-order valence-electron chi connectivity index (χ4n) is 8.61. The third kappa shape index (κ3) is 9.26. The first kappa shape index (κ1) is 39.1. The molecular formula is C41H55ClN4O7S. The number of allylic oxidation sites excluding steroid dienone is 1. The second-order valence-corrected chi connectivity index (χ2v) is 19.0. The lowest BCUT2D eigenvalue weighted by atomic mass is 9.68. The van der Waals surface area contributed by atoms with Gasteiger partial charge in [-0.15, -0.1) is 4.36 Å². The lowest BCUT2D eigenvalue weighted by Crippen LogP contribution is -2.50. The topological polar surface area (TPSA) is 119 Å². The summed E-state index contributed by atoms with van der Waals surface area (Å²) < 4.78 is 45.3. The second kappa shape index (κ2) is 16.5. The number of benzene rings is 2. The Morgan fingerprint density at radius 3 is 2.74 bits per heavy atom. The maximum atomic E-state index is 14.3. The molecule has 1 unspecified atom stereocenters. The van der Waals surface area contributed by atoms with Gasteiger partial charge in [-0.25, -0.2) is 13.7 Å². The lowest BCUT2D eigenvalue weighted by Gasteiger charge is -2.46. The number of halogens is 1. The van der Waals surface area contributed by atoms with E-state index in [0.717, 1.165) is 82.2 Å². The van der Waals surface area contributed by atoms with Crippen LogP contribution in [0.25, 0.3) is 0 Å². The Morgan fingerprint density at radius 2 is 1.96 bits per heavy atom. The fraction of sp³-hybridized carbons (Fsp3) is 0.610. The largest absolute Gasteiger partial charge is 0.490 e. The van der Waals surface area contributed by atoms with Gasteiger partial charge in [0.2, 0.25) is 0 Å². The van der Waals surface area contributed by atoms with Crippen LogP contribution >= 0.6 is 11.6 Å². The molecule has 1 N–H and O–H groups in total. The molecule has 2 fully saturated rings. The smallest absolute Gasteiger partial charge is 0.420 e. The molecule has 3 heterocycles. The third-order valence-electron chi connectivity index (χ3n) is 11.4. The number of ether oxygens (including phenoxy) is 4. The molecule has 54 heavy (non-hydrogen) atoms. The average Bonchev–Trinajstić information content (AvgIpc) is 3.25. The summed E-state index contributed by atoms with van der Waals surface area (Å²) in [5, 5.41) is 0.739. The number of nitrogens with one attached hydrogen (secondary N) is 1. The molecule has 2 aromatic rings. The summed E-state index contributed by atoms with van der Waals surface area (Å²) in [5.74, 6) is 0.717. The molecule has 2 amide bonds. The highest BCUT2D eigenvalue weighted by atomic mass is 35.5. The summed E-state index contributed by atoms with van der Waals surface area (Å²) in [5.41, 5.74) is 2.55. The van der Waals surface area contributed by atoms with Crippen molar-refractivity contribution in [2.24, 2.45) is 16.2 Å². The second-order valence-electron chi connectivity index (χ2n) is 16.5. The molecular weight excluding hydrogens is 728 g/mol. The number of hydrogen-bond acceptors (Lipinski definition) is 9. The summed E-state index contributed by atoms with van der Waals surface area (Å²) in [7, 11) is -3.52. The van der Waals surface area contributed by atoms with E-state index in [-0.39, 0.29) is 22.8 Å². The number of anilines is 1. The zero-order chi connectivity index (χ0) is 37.9. The molecule has 2 aliphatic carbocycles. The van der Waals surface area contributed by atoms with E-state index in [0.29, 0.717) is 50.2 Å². The van der Waals surface area contributed by atoms with Gasteiger partial charge in [-0.05, 0) is 119 Å². The van der Waals surface area contributed by atoms with Crippen LogP contribution in [0.2, 0.25) is 5.02 Å². The summed E-state index contributed by atoms with van der Waals surface area (Å²) in [6.45, 7) is 12.0. The van der Waals surface area contributed by atoms with E-state index in [1.54, 1.807) is 26.8 Å². The monoisotopic (exact) mass is 782 g/mol. The van der Waals surface area contributed by atoms with Gasteiger partial charge in [0.25, 0.3) is 5.91 Å². The average molecular weight is 783 g/mol. The Morgan fingerprint density at radius 1 is 1.13 bits per heavy atom. The van der Waals surface area contributed by atoms with Gasteiger partial charge in [0.15, 0.2) is 0 Å². The van der Waals surface area contributed by atoms with Crippen LogP contribution in [0.3, 0.4) is 0 Å². The van der Waals surface area contributed by atoms with Crippen molar-refractivity contribution < 1.29 is 32.7 Å². The van der Waals surface area contributed by atoms with E-state index in [1.165, 1.54) is 11.1 Å². The van der Waals surface area contributed by atoms with Gasteiger partial charge in [-0.3, -0.25) is 9.69 Å². The van der Waals surface area contributed by atoms with Crippen molar-refractivity contribution in [3.05, 3.63) is 70.3 Å². The quantitative estimate of drug-likeness (QED) is 0.322. The number of hydrogen-bond donors (Lipinski definition) is 1. The predicted molar refractivity (Wildman–Crippen MR) is 211 cm³/mol. The molecule has 11 nitrogen and oxygen atoms in total. The van der Waals surface area contributed by atoms with Gasteiger partial charge in [0.05, 0.1) is 44.0 Å². The first-order valence-electron chi connectivity index (χ1n) is 19.6. The van der Waals surface area contributed by atoms with Crippen molar-refractivity contribution in [2.75, 3.05) is 69.8 Å². The highest BCUT2D eigenvalue weighted by molar-refractivity contribution is 7.92. The molecule has 3 aliphatic heterocycles. The van der Waals surface area contributed by atoms with E-state index >= 15 is 0 Å². The van der Waals surface area contributed by atoms with Crippen LogP contribution in [0, 0.1) is 11.8 Å². The number of amides is 2. The zero-order valence-corrected chi connectivity index (χ0v) is 33.4. The maximum absolute atomic E-state index is 14.3. The summed E-state index contributed by atoms with van der Waals surface area (Å²) in [4.78, 5) is 31.6. The number of aryl methyl sites for hydroxylation is 1. The lowest BCUT2D eigenvalue weighted by molar-refractivity contribution is -0.0314. The highest BCUT2D eigenvalue weighted by Crippen LogP contribution is 2.47. The van der Waals surface area contributed by atoms with Crippen molar-refractivity contribution in [3.63, 3.8) is 0 Å². The van der Waals surface area contributed by atoms with Crippen molar-refractivity contribution in [1.29, 1.82) is 0 Å². The first-order valence-corrected chi connectivity index (χ1v) is 21.6. The number of carbonyl (C=O) groups is 2. The number of nitrogens with zero attached hydrogens (tertiary/aromatic N) is 3. The van der Waals surface area contributed by atoms with Gasteiger partial charge in [-0.2, -0.15) is 0 Å². The van der Waals surface area contributed by atoms with E-state index < -0.39 is 27.5 Å².